The second-order valence-corrected chi connectivity index (χ2v) is 7.56. The largest absolute Gasteiger partial charge is 0.377 e. The van der Waals surface area contributed by atoms with Gasteiger partial charge in [-0.3, -0.25) is 0 Å². The van der Waals surface area contributed by atoms with Crippen LogP contribution >= 0.6 is 34.7 Å². The minimum Gasteiger partial charge on any atom is -0.377 e. The van der Waals surface area contributed by atoms with E-state index in [-0.39, 0.29) is 0 Å². The van der Waals surface area contributed by atoms with Crippen molar-refractivity contribution < 1.29 is 4.74 Å². The summed E-state index contributed by atoms with van der Waals surface area (Å²) < 4.78 is 6.57. The molecular formula is C14H16ClN3OS2. The second kappa shape index (κ2) is 6.96. The summed E-state index contributed by atoms with van der Waals surface area (Å²) in [6.45, 7) is 2.87. The number of hydrogen-bond acceptors (Lipinski definition) is 6. The minimum atomic E-state index is 0.367. The summed E-state index contributed by atoms with van der Waals surface area (Å²) in [4.78, 5) is 0. The Labute approximate surface area is 137 Å². The van der Waals surface area contributed by atoms with Gasteiger partial charge in [0, 0.05) is 23.1 Å². The molecular weight excluding hydrogens is 326 g/mol. The monoisotopic (exact) mass is 341 g/mol. The summed E-state index contributed by atoms with van der Waals surface area (Å²) in [6.07, 6.45) is 2.69. The Balaban J connectivity index is 1.57. The second-order valence-electron chi connectivity index (χ2n) is 4.91. The van der Waals surface area contributed by atoms with Gasteiger partial charge in [-0.05, 0) is 37.5 Å². The molecule has 0 saturated carbocycles. The van der Waals surface area contributed by atoms with Gasteiger partial charge in [-0.2, -0.15) is 0 Å². The molecule has 1 aromatic heterocycles. The van der Waals surface area contributed by atoms with Gasteiger partial charge in [0.25, 0.3) is 0 Å². The van der Waals surface area contributed by atoms with Crippen molar-refractivity contribution in [2.45, 2.75) is 30.2 Å². The third-order valence-electron chi connectivity index (χ3n) is 3.25. The number of rotatable bonds is 5. The van der Waals surface area contributed by atoms with E-state index in [1.54, 1.807) is 23.1 Å². The van der Waals surface area contributed by atoms with Crippen molar-refractivity contribution in [2.24, 2.45) is 0 Å². The lowest BCUT2D eigenvalue weighted by molar-refractivity contribution is 0.129. The van der Waals surface area contributed by atoms with Crippen molar-refractivity contribution in [3.63, 3.8) is 0 Å². The van der Waals surface area contributed by atoms with Crippen LogP contribution < -0.4 is 5.32 Å². The molecule has 7 heteroatoms. The molecule has 4 nitrogen and oxygen atoms in total. The van der Waals surface area contributed by atoms with Gasteiger partial charge in [0.2, 0.25) is 5.13 Å². The zero-order chi connectivity index (χ0) is 14.7. The molecule has 0 bridgehead atoms. The molecule has 1 aliphatic rings. The van der Waals surface area contributed by atoms with Crippen LogP contribution in [0.2, 0.25) is 5.02 Å². The summed E-state index contributed by atoms with van der Waals surface area (Å²) in [5.74, 6) is 0.949. The quantitative estimate of drug-likeness (QED) is 0.810. The van der Waals surface area contributed by atoms with Crippen molar-refractivity contribution in [1.29, 1.82) is 0 Å². The van der Waals surface area contributed by atoms with Gasteiger partial charge in [0.1, 0.15) is 0 Å². The summed E-state index contributed by atoms with van der Waals surface area (Å²) in [5, 5.41) is 13.1. The van der Waals surface area contributed by atoms with Crippen LogP contribution in [0.3, 0.4) is 0 Å². The summed E-state index contributed by atoms with van der Waals surface area (Å²) in [7, 11) is 0. The molecule has 1 aromatic carbocycles. The topological polar surface area (TPSA) is 47.0 Å². The predicted molar refractivity (Wildman–Crippen MR) is 89.1 cm³/mol. The third-order valence-corrected chi connectivity index (χ3v) is 5.76. The maximum atomic E-state index is 6.12. The lowest BCUT2D eigenvalue weighted by Gasteiger charge is -2.05. The van der Waals surface area contributed by atoms with E-state index in [9.17, 15) is 0 Å². The zero-order valence-electron chi connectivity index (χ0n) is 11.6. The van der Waals surface area contributed by atoms with E-state index >= 15 is 0 Å². The fourth-order valence-corrected chi connectivity index (χ4v) is 4.10. The number of aromatic nitrogens is 2. The van der Waals surface area contributed by atoms with E-state index in [4.69, 9.17) is 16.3 Å². The number of halogens is 1. The van der Waals surface area contributed by atoms with Crippen LogP contribution in [0, 0.1) is 6.92 Å². The van der Waals surface area contributed by atoms with Gasteiger partial charge in [-0.1, -0.05) is 40.8 Å². The highest BCUT2D eigenvalue weighted by atomic mass is 35.5. The average Bonchev–Trinajstić information content (AvgIpc) is 3.12. The Morgan fingerprint density at radius 2 is 2.38 bits per heavy atom. The number of benzene rings is 1. The van der Waals surface area contributed by atoms with Crippen LogP contribution in [0.5, 0.6) is 0 Å². The van der Waals surface area contributed by atoms with Gasteiger partial charge in [-0.25, -0.2) is 0 Å². The SMILES string of the molecule is Cc1ccc(Nc2nnc(SC[C@H]3CCCO3)s2)cc1Cl. The molecule has 1 saturated heterocycles. The first-order valence-corrected chi connectivity index (χ1v) is 9.00. The Morgan fingerprint density at radius 3 is 3.14 bits per heavy atom. The maximum Gasteiger partial charge on any atom is 0.210 e. The molecule has 2 heterocycles. The van der Waals surface area contributed by atoms with Crippen molar-refractivity contribution >= 4 is 45.5 Å². The molecule has 0 unspecified atom stereocenters. The standard InChI is InChI=1S/C14H16ClN3OS2/c1-9-4-5-10(7-12(9)15)16-13-17-18-14(21-13)20-8-11-3-2-6-19-11/h4-5,7,11H,2-3,6,8H2,1H3,(H,16,17)/t11-/m1/s1. The third kappa shape index (κ3) is 4.10. The van der Waals surface area contributed by atoms with Crippen LogP contribution in [-0.2, 0) is 4.74 Å². The predicted octanol–water partition coefficient (Wildman–Crippen LogP) is 4.51. The molecule has 1 fully saturated rings. The Bertz CT molecular complexity index is 614. The minimum absolute atomic E-state index is 0.367. The first-order valence-electron chi connectivity index (χ1n) is 6.82. The van der Waals surface area contributed by atoms with E-state index < -0.39 is 0 Å². The molecule has 0 spiro atoms. The fraction of sp³-hybridized carbons (Fsp3) is 0.429. The summed E-state index contributed by atoms with van der Waals surface area (Å²) >= 11 is 9.38. The van der Waals surface area contributed by atoms with Gasteiger partial charge in [0.15, 0.2) is 4.34 Å². The number of thioether (sulfide) groups is 1. The lowest BCUT2D eigenvalue weighted by Crippen LogP contribution is -2.07. The van der Waals surface area contributed by atoms with Crippen LogP contribution in [0.15, 0.2) is 22.5 Å². The number of ether oxygens (including phenoxy) is 1. The van der Waals surface area contributed by atoms with Gasteiger partial charge in [-0.15, -0.1) is 10.2 Å². The van der Waals surface area contributed by atoms with Crippen LogP contribution in [0.25, 0.3) is 0 Å². The first kappa shape index (κ1) is 15.1. The summed E-state index contributed by atoms with van der Waals surface area (Å²) in [5.41, 5.74) is 1.99. The van der Waals surface area contributed by atoms with Gasteiger partial charge >= 0.3 is 0 Å². The van der Waals surface area contributed by atoms with E-state index in [1.165, 1.54) is 6.42 Å². The Morgan fingerprint density at radius 1 is 1.48 bits per heavy atom. The maximum absolute atomic E-state index is 6.12. The molecule has 3 rings (SSSR count). The molecule has 1 atom stereocenters. The Hall–Kier alpha value is -0.820. The highest BCUT2D eigenvalue weighted by Crippen LogP contribution is 2.30. The van der Waals surface area contributed by atoms with Crippen LogP contribution in [0.4, 0.5) is 10.8 Å². The number of nitrogens with zero attached hydrogens (tertiary/aromatic N) is 2. The van der Waals surface area contributed by atoms with E-state index in [1.807, 2.05) is 25.1 Å². The number of aryl methyl sites for hydroxylation is 1. The van der Waals surface area contributed by atoms with Crippen molar-refractivity contribution in [3.05, 3.63) is 28.8 Å². The number of anilines is 2. The normalized spacial score (nSPS) is 18.1. The molecule has 2 aromatic rings. The average molecular weight is 342 g/mol. The van der Waals surface area contributed by atoms with Gasteiger partial charge < -0.3 is 10.1 Å². The van der Waals surface area contributed by atoms with Crippen molar-refractivity contribution in [1.82, 2.24) is 10.2 Å². The molecule has 21 heavy (non-hydrogen) atoms. The molecule has 112 valence electrons. The highest BCUT2D eigenvalue weighted by Gasteiger charge is 2.16. The molecule has 1 aliphatic heterocycles. The lowest BCUT2D eigenvalue weighted by atomic mass is 10.2. The number of nitrogens with one attached hydrogen (secondary N) is 1. The van der Waals surface area contributed by atoms with E-state index in [0.717, 1.165) is 44.5 Å². The highest BCUT2D eigenvalue weighted by molar-refractivity contribution is 8.01. The molecule has 0 radical (unpaired) electrons. The number of hydrogen-bond donors (Lipinski definition) is 1. The van der Waals surface area contributed by atoms with Gasteiger partial charge in [0.05, 0.1) is 6.10 Å². The molecule has 1 N–H and O–H groups in total. The van der Waals surface area contributed by atoms with Crippen LogP contribution in [-0.4, -0.2) is 28.7 Å². The van der Waals surface area contributed by atoms with Crippen molar-refractivity contribution in [3.8, 4) is 0 Å². The summed E-state index contributed by atoms with van der Waals surface area (Å²) in [6, 6.07) is 5.87. The first-order chi connectivity index (χ1) is 10.2. The Kier molecular flexibility index (Phi) is 5.00. The zero-order valence-corrected chi connectivity index (χ0v) is 14.0. The van der Waals surface area contributed by atoms with E-state index in [0.29, 0.717) is 6.10 Å². The van der Waals surface area contributed by atoms with Crippen LogP contribution in [0.1, 0.15) is 18.4 Å². The smallest absolute Gasteiger partial charge is 0.210 e. The van der Waals surface area contributed by atoms with Crippen molar-refractivity contribution in [2.75, 3.05) is 17.7 Å². The molecule has 0 amide bonds. The fourth-order valence-electron chi connectivity index (χ4n) is 2.05. The van der Waals surface area contributed by atoms with E-state index in [2.05, 4.69) is 15.5 Å². The molecule has 0 aliphatic carbocycles.